The van der Waals surface area contributed by atoms with Gasteiger partial charge in [0.25, 0.3) is 0 Å². The molecule has 0 radical (unpaired) electrons. The molecule has 4 heteroatoms. The van der Waals surface area contributed by atoms with Crippen LogP contribution in [0.3, 0.4) is 0 Å². The first-order valence-corrected chi connectivity index (χ1v) is 14.3. The second-order valence-electron chi connectivity index (χ2n) is 10.1. The van der Waals surface area contributed by atoms with Crippen LogP contribution < -0.4 is 0 Å². The molecular formula is C23H43NO2Si. The van der Waals surface area contributed by atoms with E-state index in [-0.39, 0.29) is 10.9 Å². The molecule has 27 heavy (non-hydrogen) atoms. The minimum absolute atomic E-state index is 0.241. The average molecular weight is 394 g/mol. The summed E-state index contributed by atoms with van der Waals surface area (Å²) in [4.78, 5) is 15.3. The molecule has 2 rings (SSSR count). The lowest BCUT2D eigenvalue weighted by atomic mass is 9.88. The molecule has 0 bridgehead atoms. The van der Waals surface area contributed by atoms with Gasteiger partial charge in [0, 0.05) is 18.7 Å². The molecule has 0 heterocycles. The fourth-order valence-electron chi connectivity index (χ4n) is 4.25. The molecule has 0 aromatic heterocycles. The number of rotatable bonds is 7. The van der Waals surface area contributed by atoms with Gasteiger partial charge in [-0.25, -0.2) is 0 Å². The van der Waals surface area contributed by atoms with Crippen molar-refractivity contribution in [2.75, 3.05) is 6.61 Å². The monoisotopic (exact) mass is 393 g/mol. The van der Waals surface area contributed by atoms with Crippen molar-refractivity contribution in [3.8, 4) is 0 Å². The molecule has 0 saturated heterocycles. The SMILES string of the molecule is CC(C)(C)[Si](C)(C)OCCC=CC(=O)N(C1CCCCC1)C1CCCCC1. The lowest BCUT2D eigenvalue weighted by molar-refractivity contribution is -0.132. The summed E-state index contributed by atoms with van der Waals surface area (Å²) in [6, 6.07) is 0.949. The van der Waals surface area contributed by atoms with Crippen molar-refractivity contribution in [3.63, 3.8) is 0 Å². The van der Waals surface area contributed by atoms with Crippen LogP contribution in [0.2, 0.25) is 18.1 Å². The number of nitrogens with zero attached hydrogens (tertiary/aromatic N) is 1. The van der Waals surface area contributed by atoms with E-state index in [4.69, 9.17) is 4.43 Å². The van der Waals surface area contributed by atoms with Crippen molar-refractivity contribution in [2.24, 2.45) is 0 Å². The van der Waals surface area contributed by atoms with Crippen LogP contribution in [-0.2, 0) is 9.22 Å². The fraction of sp³-hybridized carbons (Fsp3) is 0.870. The van der Waals surface area contributed by atoms with E-state index in [0.717, 1.165) is 13.0 Å². The highest BCUT2D eigenvalue weighted by atomic mass is 28.4. The summed E-state index contributed by atoms with van der Waals surface area (Å²) >= 11 is 0. The Bertz CT molecular complexity index is 465. The molecule has 0 aromatic rings. The van der Waals surface area contributed by atoms with Gasteiger partial charge in [-0.2, -0.15) is 0 Å². The van der Waals surface area contributed by atoms with Crippen LogP contribution in [0.1, 0.15) is 91.4 Å². The minimum Gasteiger partial charge on any atom is -0.417 e. The maximum atomic E-state index is 13.1. The van der Waals surface area contributed by atoms with Gasteiger partial charge in [-0.05, 0) is 56.3 Å². The number of hydrogen-bond donors (Lipinski definition) is 0. The van der Waals surface area contributed by atoms with Gasteiger partial charge in [-0.15, -0.1) is 0 Å². The largest absolute Gasteiger partial charge is 0.417 e. The first kappa shape index (κ1) is 22.7. The second kappa shape index (κ2) is 10.2. The topological polar surface area (TPSA) is 29.5 Å². The lowest BCUT2D eigenvalue weighted by Crippen LogP contribution is -2.48. The first-order chi connectivity index (χ1) is 12.7. The Morgan fingerprint density at radius 1 is 0.963 bits per heavy atom. The smallest absolute Gasteiger partial charge is 0.246 e. The van der Waals surface area contributed by atoms with Crippen LogP contribution >= 0.6 is 0 Å². The fourth-order valence-corrected chi connectivity index (χ4v) is 5.31. The van der Waals surface area contributed by atoms with Crippen LogP contribution in [-0.4, -0.2) is 37.8 Å². The minimum atomic E-state index is -1.69. The van der Waals surface area contributed by atoms with Crippen molar-refractivity contribution >= 4 is 14.2 Å². The zero-order valence-corrected chi connectivity index (χ0v) is 19.6. The summed E-state index contributed by atoms with van der Waals surface area (Å²) in [6.45, 7) is 12.1. The third kappa shape index (κ3) is 6.74. The van der Waals surface area contributed by atoms with Gasteiger partial charge in [0.15, 0.2) is 8.32 Å². The van der Waals surface area contributed by atoms with Crippen LogP contribution in [0, 0.1) is 0 Å². The Labute approximate surface area is 169 Å². The van der Waals surface area contributed by atoms with E-state index in [9.17, 15) is 4.79 Å². The molecule has 0 unspecified atom stereocenters. The van der Waals surface area contributed by atoms with Gasteiger partial charge in [0.1, 0.15) is 0 Å². The molecule has 0 aliphatic heterocycles. The highest BCUT2D eigenvalue weighted by Gasteiger charge is 2.36. The van der Waals surface area contributed by atoms with E-state index in [2.05, 4.69) is 38.8 Å². The third-order valence-corrected chi connectivity index (χ3v) is 11.5. The molecule has 3 nitrogen and oxygen atoms in total. The van der Waals surface area contributed by atoms with Crippen LogP contribution in [0.15, 0.2) is 12.2 Å². The standard InChI is InChI=1S/C23H43NO2Si/c1-23(2,3)27(4,5)26-19-13-12-18-22(25)24(20-14-8-6-9-15-20)21-16-10-7-11-17-21/h12,18,20-21H,6-11,13-17,19H2,1-5H3. The molecule has 0 aromatic carbocycles. The molecule has 2 fully saturated rings. The highest BCUT2D eigenvalue weighted by molar-refractivity contribution is 6.74. The van der Waals surface area contributed by atoms with Gasteiger partial charge in [-0.3, -0.25) is 4.79 Å². The van der Waals surface area contributed by atoms with Gasteiger partial charge < -0.3 is 9.33 Å². The summed E-state index contributed by atoms with van der Waals surface area (Å²) in [6.07, 6.45) is 17.3. The zero-order valence-electron chi connectivity index (χ0n) is 18.6. The van der Waals surface area contributed by atoms with Gasteiger partial charge in [-0.1, -0.05) is 65.4 Å². The van der Waals surface area contributed by atoms with Crippen molar-refractivity contribution in [2.45, 2.75) is 122 Å². The number of amides is 1. The summed E-state index contributed by atoms with van der Waals surface area (Å²) in [5.41, 5.74) is 0. The summed E-state index contributed by atoms with van der Waals surface area (Å²) in [7, 11) is -1.69. The first-order valence-electron chi connectivity index (χ1n) is 11.4. The highest BCUT2D eigenvalue weighted by Crippen LogP contribution is 2.36. The van der Waals surface area contributed by atoms with E-state index >= 15 is 0 Å². The molecule has 2 aliphatic carbocycles. The van der Waals surface area contributed by atoms with Gasteiger partial charge in [0.2, 0.25) is 5.91 Å². The summed E-state index contributed by atoms with van der Waals surface area (Å²) in [5.74, 6) is 0.251. The Balaban J connectivity index is 1.89. The summed E-state index contributed by atoms with van der Waals surface area (Å²) < 4.78 is 6.23. The Morgan fingerprint density at radius 3 is 1.89 bits per heavy atom. The number of carbonyl (C=O) groups is 1. The Hall–Kier alpha value is -0.613. The zero-order chi connectivity index (χ0) is 19.9. The third-order valence-electron chi connectivity index (χ3n) is 7.00. The average Bonchev–Trinajstić information content (AvgIpc) is 2.62. The number of carbonyl (C=O) groups excluding carboxylic acids is 1. The normalized spacial score (nSPS) is 20.9. The van der Waals surface area contributed by atoms with Crippen LogP contribution in [0.5, 0.6) is 0 Å². The molecule has 156 valence electrons. The van der Waals surface area contributed by atoms with Crippen molar-refractivity contribution in [1.29, 1.82) is 0 Å². The Morgan fingerprint density at radius 2 is 1.44 bits per heavy atom. The van der Waals surface area contributed by atoms with Gasteiger partial charge in [0.05, 0.1) is 0 Å². The second-order valence-corrected chi connectivity index (χ2v) is 14.9. The molecule has 2 aliphatic rings. The maximum Gasteiger partial charge on any atom is 0.246 e. The van der Waals surface area contributed by atoms with E-state index in [1.54, 1.807) is 0 Å². The molecule has 2 saturated carbocycles. The van der Waals surface area contributed by atoms with Crippen molar-refractivity contribution < 1.29 is 9.22 Å². The summed E-state index contributed by atoms with van der Waals surface area (Å²) in [5, 5.41) is 0.241. The van der Waals surface area contributed by atoms with Crippen LogP contribution in [0.4, 0.5) is 0 Å². The van der Waals surface area contributed by atoms with Crippen molar-refractivity contribution in [1.82, 2.24) is 4.90 Å². The van der Waals surface area contributed by atoms with E-state index in [1.807, 2.05) is 12.2 Å². The quantitative estimate of drug-likeness (QED) is 0.282. The molecule has 1 amide bonds. The molecule has 0 atom stereocenters. The van der Waals surface area contributed by atoms with E-state index in [1.165, 1.54) is 64.2 Å². The van der Waals surface area contributed by atoms with Crippen molar-refractivity contribution in [3.05, 3.63) is 12.2 Å². The predicted molar refractivity (Wildman–Crippen MR) is 117 cm³/mol. The number of hydrogen-bond acceptors (Lipinski definition) is 2. The van der Waals surface area contributed by atoms with Gasteiger partial charge >= 0.3 is 0 Å². The molecular weight excluding hydrogens is 350 g/mol. The van der Waals surface area contributed by atoms with E-state index in [0.29, 0.717) is 12.1 Å². The predicted octanol–water partition coefficient (Wildman–Crippen LogP) is 6.45. The molecule has 0 spiro atoms. The maximum absolute atomic E-state index is 13.1. The van der Waals surface area contributed by atoms with Crippen LogP contribution in [0.25, 0.3) is 0 Å². The molecule has 0 N–H and O–H groups in total. The Kier molecular flexibility index (Phi) is 8.60. The van der Waals surface area contributed by atoms with E-state index < -0.39 is 8.32 Å². The lowest BCUT2D eigenvalue weighted by Gasteiger charge is -2.41.